The summed E-state index contributed by atoms with van der Waals surface area (Å²) < 4.78 is 5.34. The van der Waals surface area contributed by atoms with Crippen LogP contribution < -0.4 is 10.6 Å². The van der Waals surface area contributed by atoms with Crippen molar-refractivity contribution < 1.29 is 19.1 Å². The normalized spacial score (nSPS) is 13.0. The van der Waals surface area contributed by atoms with Crippen molar-refractivity contribution in [2.45, 2.75) is 72.2 Å². The van der Waals surface area contributed by atoms with Gasteiger partial charge < -0.3 is 20.3 Å². The molecule has 1 rings (SSSR count). The molecule has 0 bridgehead atoms. The third-order valence-corrected chi connectivity index (χ3v) is 4.62. The van der Waals surface area contributed by atoms with Crippen molar-refractivity contribution in [3.8, 4) is 12.3 Å². The van der Waals surface area contributed by atoms with Gasteiger partial charge in [-0.3, -0.25) is 9.59 Å². The average molecular weight is 456 g/mol. The zero-order chi connectivity index (χ0) is 25.3. The summed E-state index contributed by atoms with van der Waals surface area (Å²) in [6, 6.07) is 4.91. The number of benzene rings is 1. The number of rotatable bonds is 9. The molecule has 0 aliphatic carbocycles. The zero-order valence-electron chi connectivity index (χ0n) is 20.8. The van der Waals surface area contributed by atoms with E-state index in [0.29, 0.717) is 11.1 Å². The van der Waals surface area contributed by atoms with Crippen molar-refractivity contribution in [2.75, 3.05) is 6.54 Å². The average Bonchev–Trinajstić information content (AvgIpc) is 2.69. The molecule has 2 atom stereocenters. The number of hydrogen-bond acceptors (Lipinski definition) is 4. The highest BCUT2D eigenvalue weighted by Crippen LogP contribution is 2.26. The van der Waals surface area contributed by atoms with Crippen molar-refractivity contribution in [2.24, 2.45) is 5.92 Å². The fourth-order valence-corrected chi connectivity index (χ4v) is 3.27. The lowest BCUT2D eigenvalue weighted by Gasteiger charge is -2.35. The number of alkyl carbamates (subject to hydrolysis) is 1. The Labute approximate surface area is 197 Å². The Hall–Kier alpha value is -3.27. The molecule has 33 heavy (non-hydrogen) atoms. The molecule has 0 aromatic heterocycles. The number of ether oxygens (including phenoxy) is 1. The van der Waals surface area contributed by atoms with Crippen LogP contribution in [0.25, 0.3) is 0 Å². The molecular weight excluding hydrogens is 418 g/mol. The van der Waals surface area contributed by atoms with E-state index in [-0.39, 0.29) is 24.4 Å². The first kappa shape index (κ1) is 27.8. The Kier molecular flexibility index (Phi) is 10.2. The van der Waals surface area contributed by atoms with Crippen LogP contribution in [0.1, 0.15) is 65.6 Å². The molecule has 0 aliphatic heterocycles. The predicted octanol–water partition coefficient (Wildman–Crippen LogP) is 3.80. The second-order valence-corrected chi connectivity index (χ2v) is 9.44. The summed E-state index contributed by atoms with van der Waals surface area (Å²) in [4.78, 5) is 40.9. The summed E-state index contributed by atoms with van der Waals surface area (Å²) in [6.07, 6.45) is 6.52. The van der Waals surface area contributed by atoms with Gasteiger partial charge in [0.25, 0.3) is 0 Å². The van der Waals surface area contributed by atoms with E-state index in [4.69, 9.17) is 11.2 Å². The van der Waals surface area contributed by atoms with E-state index in [2.05, 4.69) is 23.1 Å². The maximum atomic E-state index is 13.8. The summed E-state index contributed by atoms with van der Waals surface area (Å²) in [5, 5.41) is 5.55. The van der Waals surface area contributed by atoms with Gasteiger partial charge in [0.15, 0.2) is 0 Å². The van der Waals surface area contributed by atoms with Gasteiger partial charge in [0.1, 0.15) is 17.7 Å². The Bertz CT molecular complexity index is 894. The van der Waals surface area contributed by atoms with Crippen LogP contribution in [0, 0.1) is 18.3 Å². The quantitative estimate of drug-likeness (QED) is 0.438. The van der Waals surface area contributed by atoms with Gasteiger partial charge in [-0.15, -0.1) is 13.0 Å². The summed E-state index contributed by atoms with van der Waals surface area (Å²) in [5.74, 6) is 1.52. The van der Waals surface area contributed by atoms with Gasteiger partial charge in [0, 0.05) is 18.2 Å². The molecule has 2 N–H and O–H groups in total. The molecule has 0 saturated carbocycles. The van der Waals surface area contributed by atoms with Crippen LogP contribution >= 0.6 is 0 Å². The van der Waals surface area contributed by atoms with E-state index in [1.807, 2.05) is 27.7 Å². The van der Waals surface area contributed by atoms with Gasteiger partial charge in [0.05, 0.1) is 0 Å². The maximum absolute atomic E-state index is 13.8. The van der Waals surface area contributed by atoms with Crippen molar-refractivity contribution in [1.82, 2.24) is 15.5 Å². The van der Waals surface area contributed by atoms with Gasteiger partial charge in [-0.25, -0.2) is 4.79 Å². The molecule has 180 valence electrons. The summed E-state index contributed by atoms with van der Waals surface area (Å²) in [7, 11) is 0. The molecule has 0 aliphatic rings. The standard InChI is InChI=1S/C26H37N3O4/c1-10-16-29(24(31)21(17(3)4)28-25(32)33-26(7,8)9)22(23(30)27-18(5)6)20-15-13-12-14-19(20)11-2/h2,10,12-15,17-18,21-22H,1,16H2,3-9H3,(H,27,30)(H,28,32). The predicted molar refractivity (Wildman–Crippen MR) is 130 cm³/mol. The minimum Gasteiger partial charge on any atom is -0.444 e. The molecule has 1 aromatic carbocycles. The van der Waals surface area contributed by atoms with Crippen LogP contribution in [-0.4, -0.2) is 47.0 Å². The number of hydrogen-bond donors (Lipinski definition) is 2. The number of carbonyl (C=O) groups is 3. The fraction of sp³-hybridized carbons (Fsp3) is 0.500. The van der Waals surface area contributed by atoms with E-state index in [1.165, 1.54) is 11.0 Å². The van der Waals surface area contributed by atoms with E-state index in [1.54, 1.807) is 45.0 Å². The van der Waals surface area contributed by atoms with E-state index < -0.39 is 29.7 Å². The molecule has 3 amide bonds. The first-order valence-corrected chi connectivity index (χ1v) is 11.1. The number of amides is 3. The summed E-state index contributed by atoms with van der Waals surface area (Å²) in [6.45, 7) is 16.4. The molecule has 7 nitrogen and oxygen atoms in total. The van der Waals surface area contributed by atoms with Crippen LogP contribution in [-0.2, 0) is 14.3 Å². The molecule has 0 fully saturated rings. The lowest BCUT2D eigenvalue weighted by molar-refractivity contribution is -0.142. The van der Waals surface area contributed by atoms with Crippen LogP contribution in [0.3, 0.4) is 0 Å². The maximum Gasteiger partial charge on any atom is 0.408 e. The van der Waals surface area contributed by atoms with Gasteiger partial charge in [-0.05, 0) is 52.2 Å². The third-order valence-electron chi connectivity index (χ3n) is 4.62. The Morgan fingerprint density at radius 2 is 1.76 bits per heavy atom. The molecule has 7 heteroatoms. The van der Waals surface area contributed by atoms with Crippen molar-refractivity contribution in [3.05, 3.63) is 48.0 Å². The van der Waals surface area contributed by atoms with Gasteiger partial charge >= 0.3 is 6.09 Å². The number of carbonyl (C=O) groups excluding carboxylic acids is 3. The van der Waals surface area contributed by atoms with Crippen LogP contribution in [0.5, 0.6) is 0 Å². The Balaban J connectivity index is 3.50. The first-order chi connectivity index (χ1) is 15.3. The van der Waals surface area contributed by atoms with Gasteiger partial charge in [-0.1, -0.05) is 44.0 Å². The monoisotopic (exact) mass is 455 g/mol. The minimum absolute atomic E-state index is 0.0765. The summed E-state index contributed by atoms with van der Waals surface area (Å²) >= 11 is 0. The molecule has 2 unspecified atom stereocenters. The Morgan fingerprint density at radius 1 is 1.15 bits per heavy atom. The summed E-state index contributed by atoms with van der Waals surface area (Å²) in [5.41, 5.74) is 0.304. The topological polar surface area (TPSA) is 87.7 Å². The second-order valence-electron chi connectivity index (χ2n) is 9.44. The minimum atomic E-state index is -1.01. The van der Waals surface area contributed by atoms with Crippen LogP contribution in [0.2, 0.25) is 0 Å². The van der Waals surface area contributed by atoms with Crippen molar-refractivity contribution >= 4 is 17.9 Å². The smallest absolute Gasteiger partial charge is 0.408 e. The molecular formula is C26H37N3O4. The zero-order valence-corrected chi connectivity index (χ0v) is 20.8. The first-order valence-electron chi connectivity index (χ1n) is 11.1. The molecule has 0 radical (unpaired) electrons. The highest BCUT2D eigenvalue weighted by molar-refractivity contribution is 5.92. The highest BCUT2D eigenvalue weighted by atomic mass is 16.6. The van der Waals surface area contributed by atoms with Crippen LogP contribution in [0.4, 0.5) is 4.79 Å². The number of nitrogens with zero attached hydrogens (tertiary/aromatic N) is 1. The SMILES string of the molecule is C#Cc1ccccc1C(C(=O)NC(C)C)N(CC=C)C(=O)C(NC(=O)OC(C)(C)C)C(C)C. The lowest BCUT2D eigenvalue weighted by Crippen LogP contribution is -2.55. The van der Waals surface area contributed by atoms with Crippen molar-refractivity contribution in [1.29, 1.82) is 0 Å². The van der Waals surface area contributed by atoms with E-state index in [9.17, 15) is 14.4 Å². The lowest BCUT2D eigenvalue weighted by atomic mass is 9.95. The van der Waals surface area contributed by atoms with E-state index >= 15 is 0 Å². The van der Waals surface area contributed by atoms with E-state index in [0.717, 1.165) is 0 Å². The number of terminal acetylenes is 1. The molecule has 0 heterocycles. The van der Waals surface area contributed by atoms with Gasteiger partial charge in [0.2, 0.25) is 11.8 Å². The number of nitrogens with one attached hydrogen (secondary N) is 2. The van der Waals surface area contributed by atoms with Crippen molar-refractivity contribution in [3.63, 3.8) is 0 Å². The highest BCUT2D eigenvalue weighted by Gasteiger charge is 2.37. The van der Waals surface area contributed by atoms with Crippen LogP contribution in [0.15, 0.2) is 36.9 Å². The van der Waals surface area contributed by atoms with Gasteiger partial charge in [-0.2, -0.15) is 0 Å². The molecule has 0 saturated heterocycles. The second kappa shape index (κ2) is 12.1. The Morgan fingerprint density at radius 3 is 2.24 bits per heavy atom. The third kappa shape index (κ3) is 8.30. The fourth-order valence-electron chi connectivity index (χ4n) is 3.27. The molecule has 1 aromatic rings. The molecule has 0 spiro atoms. The largest absolute Gasteiger partial charge is 0.444 e.